The predicted octanol–water partition coefficient (Wildman–Crippen LogP) is 5.83. The molecule has 0 radical (unpaired) electrons. The number of carbonyl (C=O) groups is 2. The van der Waals surface area contributed by atoms with Gasteiger partial charge in [-0.2, -0.15) is 26.3 Å². The number of imide groups is 1. The molecule has 3 aromatic rings. The summed E-state index contributed by atoms with van der Waals surface area (Å²) in [6, 6.07) is 7.63. The zero-order valence-electron chi connectivity index (χ0n) is 23.2. The van der Waals surface area contributed by atoms with Gasteiger partial charge < -0.3 is 24.6 Å². The van der Waals surface area contributed by atoms with E-state index in [-0.39, 0.29) is 36.8 Å². The van der Waals surface area contributed by atoms with Crippen LogP contribution in [0.2, 0.25) is 0 Å². The van der Waals surface area contributed by atoms with Crippen molar-refractivity contribution in [1.29, 1.82) is 0 Å². The molecule has 2 aliphatic heterocycles. The summed E-state index contributed by atoms with van der Waals surface area (Å²) in [5.74, 6) is 0.347. The molecule has 15 heteroatoms. The second-order valence-electron chi connectivity index (χ2n) is 10.4. The second-order valence-corrected chi connectivity index (χ2v) is 10.4. The molecule has 5 rings (SSSR count). The molecule has 0 bridgehead atoms. The molecule has 9 nitrogen and oxygen atoms in total. The Morgan fingerprint density at radius 1 is 1.00 bits per heavy atom. The molecular formula is C29H25F6N3O6. The summed E-state index contributed by atoms with van der Waals surface area (Å²) in [7, 11) is 0. The third kappa shape index (κ3) is 5.25. The molecular weight excluding hydrogens is 600 g/mol. The van der Waals surface area contributed by atoms with E-state index in [4.69, 9.17) is 14.2 Å². The van der Waals surface area contributed by atoms with Crippen molar-refractivity contribution in [3.63, 3.8) is 0 Å². The molecule has 1 saturated heterocycles. The van der Waals surface area contributed by atoms with E-state index in [0.29, 0.717) is 41.2 Å². The average molecular weight is 626 g/mol. The first-order chi connectivity index (χ1) is 20.6. The molecule has 2 aliphatic rings. The van der Waals surface area contributed by atoms with Gasteiger partial charge in [0.15, 0.2) is 11.5 Å². The van der Waals surface area contributed by atoms with Gasteiger partial charge >= 0.3 is 18.4 Å². The first-order valence-electron chi connectivity index (χ1n) is 13.2. The van der Waals surface area contributed by atoms with Crippen LogP contribution in [0.3, 0.4) is 0 Å². The van der Waals surface area contributed by atoms with Crippen LogP contribution >= 0.6 is 0 Å². The summed E-state index contributed by atoms with van der Waals surface area (Å²) in [4.78, 5) is 31.3. The van der Waals surface area contributed by atoms with Crippen molar-refractivity contribution >= 4 is 11.9 Å². The van der Waals surface area contributed by atoms with E-state index >= 15 is 0 Å². The molecule has 234 valence electrons. The lowest BCUT2D eigenvalue weighted by molar-refractivity contribution is -0.376. The van der Waals surface area contributed by atoms with Gasteiger partial charge in [-0.3, -0.25) is 14.7 Å². The number of carbonyl (C=O) groups excluding carboxylic acids is 2. The maximum atomic E-state index is 13.4. The fourth-order valence-corrected chi connectivity index (χ4v) is 5.02. The standard InChI is InChI=1S/C29H25F6N3O6/c1-3-4-17-10-19(27(41,28(30,31)32)29(33,34)35)6-7-21(17)44-20-9-16(12-36-13-20)14-38-24(39)26(2,37-25(38)40)18-5-8-22-23(11-18)43-15-42-22/h5-13,41H,3-4,14-15H2,1-2H3,(H,37,40). The number of alkyl halides is 6. The largest absolute Gasteiger partial charge is 0.455 e. The lowest BCUT2D eigenvalue weighted by Crippen LogP contribution is -2.53. The molecule has 44 heavy (non-hydrogen) atoms. The lowest BCUT2D eigenvalue weighted by Gasteiger charge is -2.33. The number of benzene rings is 2. The Hall–Kier alpha value is -4.53. The minimum atomic E-state index is -6.03. The third-order valence-corrected chi connectivity index (χ3v) is 7.38. The van der Waals surface area contributed by atoms with Crippen molar-refractivity contribution in [2.75, 3.05) is 6.79 Å². The number of urea groups is 1. The monoisotopic (exact) mass is 625 g/mol. The zero-order chi connectivity index (χ0) is 32.1. The number of amides is 3. The highest BCUT2D eigenvalue weighted by molar-refractivity contribution is 6.07. The van der Waals surface area contributed by atoms with Crippen LogP contribution in [-0.2, 0) is 28.9 Å². The topological polar surface area (TPSA) is 110 Å². The summed E-state index contributed by atoms with van der Waals surface area (Å²) < 4.78 is 97.1. The number of nitrogens with zero attached hydrogens (tertiary/aromatic N) is 2. The number of rotatable bonds is 8. The van der Waals surface area contributed by atoms with E-state index in [1.165, 1.54) is 18.5 Å². The zero-order valence-corrected chi connectivity index (χ0v) is 23.2. The van der Waals surface area contributed by atoms with Gasteiger partial charge in [0.25, 0.3) is 11.5 Å². The number of aromatic nitrogens is 1. The highest BCUT2D eigenvalue weighted by Crippen LogP contribution is 2.50. The summed E-state index contributed by atoms with van der Waals surface area (Å²) in [5.41, 5.74) is -7.10. The Morgan fingerprint density at radius 2 is 1.70 bits per heavy atom. The number of aryl methyl sites for hydroxylation is 1. The molecule has 1 fully saturated rings. The molecule has 2 N–H and O–H groups in total. The fraction of sp³-hybridized carbons (Fsp3) is 0.345. The minimum Gasteiger partial charge on any atom is -0.455 e. The van der Waals surface area contributed by atoms with E-state index in [1.807, 2.05) is 0 Å². The van der Waals surface area contributed by atoms with Gasteiger partial charge in [0.1, 0.15) is 17.0 Å². The molecule has 0 saturated carbocycles. The van der Waals surface area contributed by atoms with Crippen LogP contribution in [0.15, 0.2) is 54.9 Å². The number of fused-ring (bicyclic) bond motifs is 1. The number of hydrogen-bond acceptors (Lipinski definition) is 7. The summed E-state index contributed by atoms with van der Waals surface area (Å²) in [6.45, 7) is 3.01. The Morgan fingerprint density at radius 3 is 2.39 bits per heavy atom. The van der Waals surface area contributed by atoms with Crippen molar-refractivity contribution in [2.24, 2.45) is 0 Å². The molecule has 0 aliphatic carbocycles. The second kappa shape index (κ2) is 10.9. The van der Waals surface area contributed by atoms with E-state index in [2.05, 4.69) is 10.3 Å². The third-order valence-electron chi connectivity index (χ3n) is 7.38. The summed E-state index contributed by atoms with van der Waals surface area (Å²) in [5, 5.41) is 12.5. The van der Waals surface area contributed by atoms with Crippen molar-refractivity contribution in [2.45, 2.75) is 56.7 Å². The molecule has 1 atom stereocenters. The van der Waals surface area contributed by atoms with Crippen molar-refractivity contribution in [3.05, 3.63) is 77.1 Å². The highest BCUT2D eigenvalue weighted by atomic mass is 19.4. The van der Waals surface area contributed by atoms with Crippen LogP contribution in [0, 0.1) is 0 Å². The average Bonchev–Trinajstić information content (AvgIpc) is 3.51. The van der Waals surface area contributed by atoms with Gasteiger partial charge in [-0.15, -0.1) is 0 Å². The minimum absolute atomic E-state index is 0.0177. The number of ether oxygens (including phenoxy) is 3. The molecule has 2 aromatic carbocycles. The molecule has 3 amide bonds. The normalized spacial score (nSPS) is 18.5. The number of pyridine rings is 1. The molecule has 0 spiro atoms. The van der Waals surface area contributed by atoms with E-state index in [9.17, 15) is 41.0 Å². The van der Waals surface area contributed by atoms with Crippen molar-refractivity contribution < 1.29 is 55.2 Å². The van der Waals surface area contributed by atoms with Gasteiger partial charge in [-0.1, -0.05) is 25.5 Å². The van der Waals surface area contributed by atoms with E-state index in [0.717, 1.165) is 11.0 Å². The highest BCUT2D eigenvalue weighted by Gasteiger charge is 2.71. The van der Waals surface area contributed by atoms with Crippen LogP contribution < -0.4 is 19.5 Å². The SMILES string of the molecule is CCCc1cc(C(O)(C(F)(F)F)C(F)(F)F)ccc1Oc1cncc(CN2C(=O)NC(C)(c3ccc4c(c3)OCO4)C2=O)c1. The van der Waals surface area contributed by atoms with Crippen molar-refractivity contribution in [1.82, 2.24) is 15.2 Å². The summed E-state index contributed by atoms with van der Waals surface area (Å²) in [6.07, 6.45) is -9.09. The Balaban J connectivity index is 1.38. The van der Waals surface area contributed by atoms with Crippen LogP contribution in [0.5, 0.6) is 23.0 Å². The van der Waals surface area contributed by atoms with Gasteiger partial charge in [-0.05, 0) is 60.4 Å². The van der Waals surface area contributed by atoms with Crippen LogP contribution in [-0.4, -0.2) is 46.1 Å². The maximum Gasteiger partial charge on any atom is 0.430 e. The maximum absolute atomic E-state index is 13.4. The molecule has 1 aromatic heterocycles. The Bertz CT molecular complexity index is 1600. The summed E-state index contributed by atoms with van der Waals surface area (Å²) >= 11 is 0. The van der Waals surface area contributed by atoms with Gasteiger partial charge in [0.05, 0.1) is 12.7 Å². The molecule has 1 unspecified atom stereocenters. The lowest BCUT2D eigenvalue weighted by atomic mass is 9.90. The Kier molecular flexibility index (Phi) is 7.64. The van der Waals surface area contributed by atoms with Gasteiger partial charge in [0, 0.05) is 11.8 Å². The predicted molar refractivity (Wildman–Crippen MR) is 140 cm³/mol. The smallest absolute Gasteiger partial charge is 0.430 e. The van der Waals surface area contributed by atoms with E-state index in [1.54, 1.807) is 32.0 Å². The first kappa shape index (κ1) is 30.9. The van der Waals surface area contributed by atoms with Crippen LogP contribution in [0.25, 0.3) is 0 Å². The number of halogens is 6. The number of aliphatic hydroxyl groups is 1. The van der Waals surface area contributed by atoms with Gasteiger partial charge in [-0.25, -0.2) is 4.79 Å². The first-order valence-corrected chi connectivity index (χ1v) is 13.2. The number of nitrogens with one attached hydrogen (secondary N) is 1. The van der Waals surface area contributed by atoms with E-state index < -0.39 is 41.0 Å². The quantitative estimate of drug-likeness (QED) is 0.239. The molecule has 3 heterocycles. The van der Waals surface area contributed by atoms with Crippen LogP contribution in [0.4, 0.5) is 31.1 Å². The van der Waals surface area contributed by atoms with Crippen molar-refractivity contribution in [3.8, 4) is 23.0 Å². The van der Waals surface area contributed by atoms with Crippen LogP contribution in [0.1, 0.15) is 42.5 Å². The fourth-order valence-electron chi connectivity index (χ4n) is 5.02. The van der Waals surface area contributed by atoms with Gasteiger partial charge in [0.2, 0.25) is 6.79 Å². The number of hydrogen-bond donors (Lipinski definition) is 2. The Labute approximate surface area is 246 Å².